The van der Waals surface area contributed by atoms with Gasteiger partial charge in [-0.15, -0.1) is 0 Å². The van der Waals surface area contributed by atoms with E-state index in [1.807, 2.05) is 31.2 Å². The molecule has 1 atom stereocenters. The molecule has 0 radical (unpaired) electrons. The molecule has 26 heavy (non-hydrogen) atoms. The van der Waals surface area contributed by atoms with E-state index in [4.69, 9.17) is 0 Å². The van der Waals surface area contributed by atoms with Crippen molar-refractivity contribution in [2.75, 3.05) is 24.2 Å². The van der Waals surface area contributed by atoms with Gasteiger partial charge >= 0.3 is 0 Å². The second-order valence-electron chi connectivity index (χ2n) is 6.75. The van der Waals surface area contributed by atoms with Crippen molar-refractivity contribution in [3.05, 3.63) is 59.4 Å². The van der Waals surface area contributed by atoms with Crippen LogP contribution in [-0.2, 0) is 22.9 Å². The van der Waals surface area contributed by atoms with E-state index in [9.17, 15) is 13.2 Å². The zero-order chi connectivity index (χ0) is 18.9. The number of hydrogen-bond donors (Lipinski definition) is 0. The van der Waals surface area contributed by atoms with Gasteiger partial charge in [-0.3, -0.25) is 14.1 Å². The van der Waals surface area contributed by atoms with E-state index in [1.54, 1.807) is 30.3 Å². The number of pyridine rings is 1. The van der Waals surface area contributed by atoms with E-state index in [-0.39, 0.29) is 11.9 Å². The highest BCUT2D eigenvalue weighted by Crippen LogP contribution is 2.34. The largest absolute Gasteiger partial charge is 0.341 e. The molecule has 0 bridgehead atoms. The predicted molar refractivity (Wildman–Crippen MR) is 102 cm³/mol. The number of likely N-dealkylation sites (N-methyl/N-ethyl adjacent to an activating group) is 1. The maximum absolute atomic E-state index is 12.7. The minimum atomic E-state index is -3.32. The number of carbonyl (C=O) groups excluding carboxylic acids is 1. The first-order valence-corrected chi connectivity index (χ1v) is 10.4. The van der Waals surface area contributed by atoms with Crippen LogP contribution in [0.2, 0.25) is 0 Å². The van der Waals surface area contributed by atoms with Crippen LogP contribution in [0, 0.1) is 0 Å². The predicted octanol–water partition coefficient (Wildman–Crippen LogP) is 2.11. The Morgan fingerprint density at radius 1 is 1.31 bits per heavy atom. The first-order valence-electron chi connectivity index (χ1n) is 8.55. The smallest absolute Gasteiger partial charge is 0.253 e. The summed E-state index contributed by atoms with van der Waals surface area (Å²) in [4.78, 5) is 18.6. The van der Waals surface area contributed by atoms with E-state index >= 15 is 0 Å². The Bertz CT molecular complexity index is 913. The average Bonchev–Trinajstić information content (AvgIpc) is 2.94. The molecule has 1 aromatic heterocycles. The van der Waals surface area contributed by atoms with Crippen LogP contribution >= 0.6 is 0 Å². The molecule has 2 aromatic rings. The number of sulfonamides is 1. The summed E-state index contributed by atoms with van der Waals surface area (Å²) >= 11 is 0. The Morgan fingerprint density at radius 2 is 2.08 bits per heavy atom. The highest BCUT2D eigenvalue weighted by molar-refractivity contribution is 7.92. The summed E-state index contributed by atoms with van der Waals surface area (Å²) < 4.78 is 25.4. The van der Waals surface area contributed by atoms with Gasteiger partial charge in [0.1, 0.15) is 0 Å². The van der Waals surface area contributed by atoms with Crippen molar-refractivity contribution < 1.29 is 13.2 Å². The Morgan fingerprint density at radius 3 is 2.73 bits per heavy atom. The Hall–Kier alpha value is -2.41. The standard InChI is InChI=1S/C19H23N3O3S/c1-14-12-16-13-15(7-8-18(16)22(14)26(3,24)25)19(23)21(2)11-9-17-6-4-5-10-20-17/h4-8,10,13-14H,9,11-12H2,1-3H3. The Kier molecular flexibility index (Phi) is 5.00. The van der Waals surface area contributed by atoms with Crippen LogP contribution < -0.4 is 4.31 Å². The number of carbonyl (C=O) groups is 1. The molecule has 1 unspecified atom stereocenters. The molecule has 0 aliphatic carbocycles. The third kappa shape index (κ3) is 3.72. The number of nitrogens with zero attached hydrogens (tertiary/aromatic N) is 3. The second kappa shape index (κ2) is 7.07. The SMILES string of the molecule is CC1Cc2cc(C(=O)N(C)CCc3ccccn3)ccc2N1S(C)(=O)=O. The van der Waals surface area contributed by atoms with Crippen LogP contribution in [0.15, 0.2) is 42.6 Å². The van der Waals surface area contributed by atoms with Gasteiger partial charge in [-0.25, -0.2) is 8.42 Å². The molecule has 6 nitrogen and oxygen atoms in total. The molecule has 138 valence electrons. The fraction of sp³-hybridized carbons (Fsp3) is 0.368. The van der Waals surface area contributed by atoms with Crippen molar-refractivity contribution in [1.82, 2.24) is 9.88 Å². The summed E-state index contributed by atoms with van der Waals surface area (Å²) in [6.07, 6.45) is 4.25. The molecular formula is C19H23N3O3S. The maximum Gasteiger partial charge on any atom is 0.253 e. The number of amides is 1. The fourth-order valence-corrected chi connectivity index (χ4v) is 4.66. The van der Waals surface area contributed by atoms with Gasteiger partial charge in [0.05, 0.1) is 11.9 Å². The number of hydrogen-bond acceptors (Lipinski definition) is 4. The van der Waals surface area contributed by atoms with E-state index in [0.29, 0.717) is 30.6 Å². The van der Waals surface area contributed by atoms with Crippen molar-refractivity contribution in [3.63, 3.8) is 0 Å². The van der Waals surface area contributed by atoms with Crippen LogP contribution in [0.1, 0.15) is 28.5 Å². The van der Waals surface area contributed by atoms with Crippen LogP contribution in [-0.4, -0.2) is 50.1 Å². The molecular weight excluding hydrogens is 350 g/mol. The highest BCUT2D eigenvalue weighted by atomic mass is 32.2. The molecule has 1 amide bonds. The average molecular weight is 373 g/mol. The number of benzene rings is 1. The van der Waals surface area contributed by atoms with Crippen molar-refractivity contribution in [2.45, 2.75) is 25.8 Å². The normalized spacial score (nSPS) is 16.4. The maximum atomic E-state index is 12.7. The van der Waals surface area contributed by atoms with E-state index < -0.39 is 10.0 Å². The fourth-order valence-electron chi connectivity index (χ4n) is 3.39. The Labute approximate surface area is 154 Å². The minimum absolute atomic E-state index is 0.0748. The number of rotatable bonds is 5. The van der Waals surface area contributed by atoms with Gasteiger partial charge in [0, 0.05) is 43.5 Å². The van der Waals surface area contributed by atoms with Gasteiger partial charge < -0.3 is 4.90 Å². The lowest BCUT2D eigenvalue weighted by Gasteiger charge is -2.22. The van der Waals surface area contributed by atoms with Gasteiger partial charge in [-0.1, -0.05) is 6.07 Å². The minimum Gasteiger partial charge on any atom is -0.341 e. The van der Waals surface area contributed by atoms with Crippen molar-refractivity contribution in [1.29, 1.82) is 0 Å². The topological polar surface area (TPSA) is 70.6 Å². The second-order valence-corrected chi connectivity index (χ2v) is 8.61. The van der Waals surface area contributed by atoms with Crippen LogP contribution in [0.25, 0.3) is 0 Å². The van der Waals surface area contributed by atoms with Gasteiger partial charge in [0.15, 0.2) is 0 Å². The molecule has 7 heteroatoms. The van der Waals surface area contributed by atoms with Crippen molar-refractivity contribution in [3.8, 4) is 0 Å². The zero-order valence-electron chi connectivity index (χ0n) is 15.2. The summed E-state index contributed by atoms with van der Waals surface area (Å²) in [7, 11) is -1.55. The van der Waals surface area contributed by atoms with Crippen molar-refractivity contribution in [2.24, 2.45) is 0 Å². The third-order valence-electron chi connectivity index (χ3n) is 4.61. The number of fused-ring (bicyclic) bond motifs is 1. The Balaban J connectivity index is 1.74. The first kappa shape index (κ1) is 18.4. The molecule has 0 fully saturated rings. The van der Waals surface area contributed by atoms with Crippen LogP contribution in [0.5, 0.6) is 0 Å². The van der Waals surface area contributed by atoms with E-state index in [2.05, 4.69) is 4.98 Å². The molecule has 3 rings (SSSR count). The summed E-state index contributed by atoms with van der Waals surface area (Å²) in [5.41, 5.74) is 3.09. The molecule has 1 aliphatic rings. The van der Waals surface area contributed by atoms with Gasteiger partial charge in [0.25, 0.3) is 5.91 Å². The number of anilines is 1. The first-order chi connectivity index (χ1) is 12.3. The molecule has 1 aliphatic heterocycles. The third-order valence-corrected chi connectivity index (χ3v) is 5.88. The van der Waals surface area contributed by atoms with E-state index in [0.717, 1.165) is 11.3 Å². The zero-order valence-corrected chi connectivity index (χ0v) is 16.0. The summed E-state index contributed by atoms with van der Waals surface area (Å²) in [5.74, 6) is -0.0748. The highest BCUT2D eigenvalue weighted by Gasteiger charge is 2.32. The number of aromatic nitrogens is 1. The molecule has 1 aromatic carbocycles. The van der Waals surface area contributed by atoms with Crippen molar-refractivity contribution >= 4 is 21.6 Å². The molecule has 0 spiro atoms. The lowest BCUT2D eigenvalue weighted by Crippen LogP contribution is -2.34. The molecule has 0 saturated heterocycles. The van der Waals surface area contributed by atoms with E-state index in [1.165, 1.54) is 10.6 Å². The summed E-state index contributed by atoms with van der Waals surface area (Å²) in [6, 6.07) is 10.9. The van der Waals surface area contributed by atoms with Gasteiger partial charge in [0.2, 0.25) is 10.0 Å². The molecule has 2 heterocycles. The lowest BCUT2D eigenvalue weighted by atomic mass is 10.1. The van der Waals surface area contributed by atoms with Gasteiger partial charge in [-0.05, 0) is 49.2 Å². The molecule has 0 N–H and O–H groups in total. The molecule has 0 saturated carbocycles. The quantitative estimate of drug-likeness (QED) is 0.805. The summed E-state index contributed by atoms with van der Waals surface area (Å²) in [6.45, 7) is 2.44. The monoisotopic (exact) mass is 373 g/mol. The summed E-state index contributed by atoms with van der Waals surface area (Å²) in [5, 5.41) is 0. The van der Waals surface area contributed by atoms with Crippen LogP contribution in [0.4, 0.5) is 5.69 Å². The van der Waals surface area contributed by atoms with Gasteiger partial charge in [-0.2, -0.15) is 0 Å². The lowest BCUT2D eigenvalue weighted by molar-refractivity contribution is 0.0796. The van der Waals surface area contributed by atoms with Crippen LogP contribution in [0.3, 0.4) is 0 Å².